The first-order chi connectivity index (χ1) is 8.33. The molecule has 0 unspecified atom stereocenters. The van der Waals surface area contributed by atoms with Crippen LogP contribution in [0.4, 0.5) is 0 Å². The van der Waals surface area contributed by atoms with Crippen molar-refractivity contribution in [2.75, 3.05) is 7.11 Å². The Morgan fingerprint density at radius 3 is 2.71 bits per heavy atom. The minimum Gasteiger partial charge on any atom is -0.496 e. The van der Waals surface area contributed by atoms with Crippen LogP contribution in [-0.2, 0) is 6.54 Å². The lowest BCUT2D eigenvalue weighted by Gasteiger charge is -2.08. The summed E-state index contributed by atoms with van der Waals surface area (Å²) in [4.78, 5) is 2.29. The van der Waals surface area contributed by atoms with Crippen molar-refractivity contribution in [1.29, 1.82) is 0 Å². The van der Waals surface area contributed by atoms with Crippen molar-refractivity contribution < 1.29 is 4.74 Å². The van der Waals surface area contributed by atoms with Crippen molar-refractivity contribution in [1.82, 2.24) is 0 Å². The third kappa shape index (κ3) is 3.02. The SMILES string of the molecule is COc1ccccc1Sc1cccc(CN)c1. The number of nitrogens with two attached hydrogens (primary N) is 1. The maximum atomic E-state index is 5.63. The van der Waals surface area contributed by atoms with E-state index in [2.05, 4.69) is 18.2 Å². The second kappa shape index (κ2) is 5.75. The molecule has 0 saturated carbocycles. The van der Waals surface area contributed by atoms with E-state index >= 15 is 0 Å². The molecule has 2 aromatic rings. The van der Waals surface area contributed by atoms with E-state index in [0.29, 0.717) is 6.54 Å². The van der Waals surface area contributed by atoms with Crippen LogP contribution in [0.3, 0.4) is 0 Å². The maximum Gasteiger partial charge on any atom is 0.132 e. The van der Waals surface area contributed by atoms with Crippen molar-refractivity contribution in [2.24, 2.45) is 5.73 Å². The Kier molecular flexibility index (Phi) is 4.07. The molecule has 3 heteroatoms. The zero-order chi connectivity index (χ0) is 12.1. The molecule has 0 amide bonds. The average Bonchev–Trinajstić information content (AvgIpc) is 2.39. The minimum absolute atomic E-state index is 0.570. The molecule has 0 atom stereocenters. The highest BCUT2D eigenvalue weighted by Gasteiger charge is 2.04. The van der Waals surface area contributed by atoms with E-state index in [1.165, 1.54) is 4.90 Å². The van der Waals surface area contributed by atoms with Gasteiger partial charge in [0, 0.05) is 11.4 Å². The second-order valence-electron chi connectivity index (χ2n) is 3.60. The summed E-state index contributed by atoms with van der Waals surface area (Å²) in [7, 11) is 1.69. The number of methoxy groups -OCH3 is 1. The lowest BCUT2D eigenvalue weighted by molar-refractivity contribution is 0.405. The molecule has 17 heavy (non-hydrogen) atoms. The van der Waals surface area contributed by atoms with E-state index in [-0.39, 0.29) is 0 Å². The molecule has 2 rings (SSSR count). The van der Waals surface area contributed by atoms with Gasteiger partial charge in [0.15, 0.2) is 0 Å². The maximum absolute atomic E-state index is 5.63. The van der Waals surface area contributed by atoms with Gasteiger partial charge in [0.2, 0.25) is 0 Å². The smallest absolute Gasteiger partial charge is 0.132 e. The lowest BCUT2D eigenvalue weighted by atomic mass is 10.2. The molecule has 0 aliphatic heterocycles. The molecule has 0 spiro atoms. The van der Waals surface area contributed by atoms with Crippen LogP contribution >= 0.6 is 11.8 Å². The van der Waals surface area contributed by atoms with Crippen LogP contribution in [0.2, 0.25) is 0 Å². The Hall–Kier alpha value is -1.45. The molecule has 0 aliphatic carbocycles. The molecule has 0 radical (unpaired) electrons. The van der Waals surface area contributed by atoms with Crippen LogP contribution in [0.15, 0.2) is 58.3 Å². The number of hydrogen-bond donors (Lipinski definition) is 1. The second-order valence-corrected chi connectivity index (χ2v) is 4.72. The minimum atomic E-state index is 0.570. The number of hydrogen-bond acceptors (Lipinski definition) is 3. The van der Waals surface area contributed by atoms with Gasteiger partial charge in [-0.15, -0.1) is 0 Å². The third-order valence-corrected chi connectivity index (χ3v) is 3.48. The fourth-order valence-corrected chi connectivity index (χ4v) is 2.58. The van der Waals surface area contributed by atoms with Crippen molar-refractivity contribution in [3.63, 3.8) is 0 Å². The predicted molar refractivity (Wildman–Crippen MR) is 71.5 cm³/mol. The Morgan fingerprint density at radius 1 is 1.12 bits per heavy atom. The molecule has 0 fully saturated rings. The summed E-state index contributed by atoms with van der Waals surface area (Å²) >= 11 is 1.69. The van der Waals surface area contributed by atoms with Gasteiger partial charge in [0.05, 0.1) is 12.0 Å². The van der Waals surface area contributed by atoms with Crippen LogP contribution in [-0.4, -0.2) is 7.11 Å². The van der Waals surface area contributed by atoms with Crippen LogP contribution < -0.4 is 10.5 Å². The van der Waals surface area contributed by atoms with Crippen LogP contribution in [0.1, 0.15) is 5.56 Å². The largest absolute Gasteiger partial charge is 0.496 e. The molecule has 0 saturated heterocycles. The molecule has 0 bridgehead atoms. The van der Waals surface area contributed by atoms with E-state index in [1.807, 2.05) is 30.3 Å². The molecule has 2 N–H and O–H groups in total. The first-order valence-electron chi connectivity index (χ1n) is 5.43. The first kappa shape index (κ1) is 12.0. The Bertz CT molecular complexity index is 499. The van der Waals surface area contributed by atoms with Crippen LogP contribution in [0, 0.1) is 0 Å². The molecule has 0 heterocycles. The highest BCUT2D eigenvalue weighted by molar-refractivity contribution is 7.99. The average molecular weight is 245 g/mol. The van der Waals surface area contributed by atoms with Gasteiger partial charge in [-0.3, -0.25) is 0 Å². The predicted octanol–water partition coefficient (Wildman–Crippen LogP) is 3.31. The van der Waals surface area contributed by atoms with Gasteiger partial charge in [0.1, 0.15) is 5.75 Å². The molecule has 2 nitrogen and oxygen atoms in total. The molecular weight excluding hydrogens is 230 g/mol. The van der Waals surface area contributed by atoms with Gasteiger partial charge in [0.25, 0.3) is 0 Å². The monoisotopic (exact) mass is 245 g/mol. The standard InChI is InChI=1S/C14H15NOS/c1-16-13-7-2-3-8-14(13)17-12-6-4-5-11(9-12)10-15/h2-9H,10,15H2,1H3. The normalized spacial score (nSPS) is 10.2. The number of para-hydroxylation sites is 1. The van der Waals surface area contributed by atoms with Crippen LogP contribution in [0.5, 0.6) is 5.75 Å². The summed E-state index contributed by atoms with van der Waals surface area (Å²) < 4.78 is 5.33. The van der Waals surface area contributed by atoms with E-state index in [4.69, 9.17) is 10.5 Å². The fourth-order valence-electron chi connectivity index (χ4n) is 1.57. The molecule has 88 valence electrons. The van der Waals surface area contributed by atoms with Crippen molar-refractivity contribution >= 4 is 11.8 Å². The summed E-state index contributed by atoms with van der Waals surface area (Å²) in [6.45, 7) is 0.570. The molecule has 2 aromatic carbocycles. The van der Waals surface area contributed by atoms with E-state index in [1.54, 1.807) is 18.9 Å². The van der Waals surface area contributed by atoms with Gasteiger partial charge < -0.3 is 10.5 Å². The highest BCUT2D eigenvalue weighted by atomic mass is 32.2. The number of rotatable bonds is 4. The summed E-state index contributed by atoms with van der Waals surface area (Å²) in [5, 5.41) is 0. The highest BCUT2D eigenvalue weighted by Crippen LogP contribution is 2.34. The lowest BCUT2D eigenvalue weighted by Crippen LogP contribution is -1.95. The zero-order valence-corrected chi connectivity index (χ0v) is 10.5. The van der Waals surface area contributed by atoms with Crippen molar-refractivity contribution in [2.45, 2.75) is 16.3 Å². The quantitative estimate of drug-likeness (QED) is 0.897. The third-order valence-electron chi connectivity index (χ3n) is 2.43. The molecule has 0 aliphatic rings. The van der Waals surface area contributed by atoms with E-state index in [9.17, 15) is 0 Å². The first-order valence-corrected chi connectivity index (χ1v) is 6.25. The van der Waals surface area contributed by atoms with Crippen molar-refractivity contribution in [3.05, 3.63) is 54.1 Å². The Morgan fingerprint density at radius 2 is 1.94 bits per heavy atom. The fraction of sp³-hybridized carbons (Fsp3) is 0.143. The summed E-state index contributed by atoms with van der Waals surface area (Å²) in [5.41, 5.74) is 6.78. The van der Waals surface area contributed by atoms with E-state index in [0.717, 1.165) is 16.2 Å². The van der Waals surface area contributed by atoms with E-state index < -0.39 is 0 Å². The van der Waals surface area contributed by atoms with Gasteiger partial charge in [-0.2, -0.15) is 0 Å². The van der Waals surface area contributed by atoms with Crippen LogP contribution in [0.25, 0.3) is 0 Å². The Labute approximate surface area is 106 Å². The van der Waals surface area contributed by atoms with Gasteiger partial charge in [-0.05, 0) is 29.8 Å². The zero-order valence-electron chi connectivity index (χ0n) is 9.72. The van der Waals surface area contributed by atoms with Gasteiger partial charge in [-0.25, -0.2) is 0 Å². The number of benzene rings is 2. The molecule has 0 aromatic heterocycles. The summed E-state index contributed by atoms with van der Waals surface area (Å²) in [6, 6.07) is 16.3. The van der Waals surface area contributed by atoms with Gasteiger partial charge in [-0.1, -0.05) is 36.0 Å². The molecular formula is C14H15NOS. The van der Waals surface area contributed by atoms with Crippen molar-refractivity contribution in [3.8, 4) is 5.75 Å². The topological polar surface area (TPSA) is 35.2 Å². The Balaban J connectivity index is 2.24. The number of ether oxygens (including phenoxy) is 1. The summed E-state index contributed by atoms with van der Waals surface area (Å²) in [6.07, 6.45) is 0. The summed E-state index contributed by atoms with van der Waals surface area (Å²) in [5.74, 6) is 0.899. The van der Waals surface area contributed by atoms with Gasteiger partial charge >= 0.3 is 0 Å².